The molecule has 108 valence electrons. The second kappa shape index (κ2) is 7.82. The Morgan fingerprint density at radius 1 is 1.58 bits per heavy atom. The van der Waals surface area contributed by atoms with Crippen LogP contribution < -0.4 is 5.73 Å². The number of thiazole rings is 1. The number of nitrogens with zero attached hydrogens (tertiary/aromatic N) is 2. The fourth-order valence-corrected chi connectivity index (χ4v) is 3.27. The summed E-state index contributed by atoms with van der Waals surface area (Å²) in [5, 5.41) is 2.83. The molecule has 1 amide bonds. The van der Waals surface area contributed by atoms with Gasteiger partial charge in [-0.3, -0.25) is 4.79 Å². The fraction of sp³-hybridized carbons (Fsp3) is 0.692. The van der Waals surface area contributed by atoms with E-state index in [-0.39, 0.29) is 18.3 Å². The third-order valence-electron chi connectivity index (χ3n) is 3.49. The first kappa shape index (κ1) is 16.4. The summed E-state index contributed by atoms with van der Waals surface area (Å²) >= 11 is 1.54. The van der Waals surface area contributed by atoms with E-state index in [1.54, 1.807) is 0 Å². The minimum atomic E-state index is 0. The summed E-state index contributed by atoms with van der Waals surface area (Å²) in [4.78, 5) is 18.8. The van der Waals surface area contributed by atoms with Crippen molar-refractivity contribution in [1.29, 1.82) is 0 Å². The summed E-state index contributed by atoms with van der Waals surface area (Å²) < 4.78 is 0. The largest absolute Gasteiger partial charge is 0.334 e. The topological polar surface area (TPSA) is 59.2 Å². The van der Waals surface area contributed by atoms with Crippen LogP contribution >= 0.6 is 23.7 Å². The normalized spacial score (nSPS) is 19.1. The summed E-state index contributed by atoms with van der Waals surface area (Å²) in [6.45, 7) is 3.61. The Morgan fingerprint density at radius 3 is 3.05 bits per heavy atom. The Kier molecular flexibility index (Phi) is 6.75. The number of aromatic nitrogens is 1. The molecule has 1 unspecified atom stereocenters. The summed E-state index contributed by atoms with van der Waals surface area (Å²) in [5.41, 5.74) is 6.10. The Balaban J connectivity index is 0.00000180. The Morgan fingerprint density at radius 2 is 2.37 bits per heavy atom. The monoisotopic (exact) mass is 303 g/mol. The van der Waals surface area contributed by atoms with Gasteiger partial charge in [0.1, 0.15) is 5.69 Å². The van der Waals surface area contributed by atoms with Crippen molar-refractivity contribution in [2.45, 2.75) is 45.1 Å². The van der Waals surface area contributed by atoms with Crippen molar-refractivity contribution in [1.82, 2.24) is 9.88 Å². The molecule has 0 spiro atoms. The highest BCUT2D eigenvalue weighted by Gasteiger charge is 2.27. The molecule has 1 saturated heterocycles. The second-order valence-corrected chi connectivity index (χ2v) is 5.66. The fourth-order valence-electron chi connectivity index (χ4n) is 2.49. The van der Waals surface area contributed by atoms with E-state index in [0.29, 0.717) is 18.3 Å². The number of hydrogen-bond acceptors (Lipinski definition) is 4. The summed E-state index contributed by atoms with van der Waals surface area (Å²) in [6, 6.07) is 0.394. The lowest BCUT2D eigenvalue weighted by atomic mass is 10.00. The molecule has 1 aliphatic rings. The van der Waals surface area contributed by atoms with Crippen LogP contribution in [0, 0.1) is 0 Å². The molecule has 1 fully saturated rings. The second-order valence-electron chi connectivity index (χ2n) is 4.72. The highest BCUT2D eigenvalue weighted by Crippen LogP contribution is 2.22. The summed E-state index contributed by atoms with van der Waals surface area (Å²) in [5.74, 6) is 0.0982. The molecule has 6 heteroatoms. The number of carbonyl (C=O) groups excluding carboxylic acids is 1. The summed E-state index contributed by atoms with van der Waals surface area (Å²) in [7, 11) is 0. The van der Waals surface area contributed by atoms with Crippen LogP contribution in [0.1, 0.15) is 48.1 Å². The number of piperidine rings is 1. The van der Waals surface area contributed by atoms with Crippen molar-refractivity contribution in [3.63, 3.8) is 0 Å². The number of nitrogens with two attached hydrogens (primary N) is 1. The van der Waals surface area contributed by atoms with Crippen LogP contribution in [0.25, 0.3) is 0 Å². The molecule has 0 aromatic carbocycles. The standard InChI is InChI=1S/C13H21N3OS.ClH/c1-2-10-5-3-4-8-16(10)13(17)11-9-18-12(15-11)6-7-14;/h9-10H,2-8,14H2,1H3;1H. The first-order chi connectivity index (χ1) is 8.76. The molecule has 2 heterocycles. The minimum absolute atomic E-state index is 0. The van der Waals surface area contributed by atoms with Crippen molar-refractivity contribution in [2.75, 3.05) is 13.1 Å². The van der Waals surface area contributed by atoms with Crippen LogP contribution in [-0.2, 0) is 6.42 Å². The van der Waals surface area contributed by atoms with Crippen molar-refractivity contribution in [3.05, 3.63) is 16.1 Å². The van der Waals surface area contributed by atoms with Gasteiger partial charge in [-0.2, -0.15) is 0 Å². The number of carbonyl (C=O) groups is 1. The molecule has 4 nitrogen and oxygen atoms in total. The zero-order chi connectivity index (χ0) is 13.0. The maximum atomic E-state index is 12.4. The van der Waals surface area contributed by atoms with Gasteiger partial charge in [-0.15, -0.1) is 23.7 Å². The average Bonchev–Trinajstić information content (AvgIpc) is 2.87. The van der Waals surface area contributed by atoms with E-state index in [9.17, 15) is 4.79 Å². The van der Waals surface area contributed by atoms with E-state index < -0.39 is 0 Å². The minimum Gasteiger partial charge on any atom is -0.334 e. The number of likely N-dealkylation sites (tertiary alicyclic amines) is 1. The Hall–Kier alpha value is -0.650. The van der Waals surface area contributed by atoms with Crippen LogP contribution in [0.15, 0.2) is 5.38 Å². The van der Waals surface area contributed by atoms with Crippen LogP contribution in [0.3, 0.4) is 0 Å². The zero-order valence-corrected chi connectivity index (χ0v) is 12.9. The van der Waals surface area contributed by atoms with Gasteiger partial charge in [0.05, 0.1) is 5.01 Å². The van der Waals surface area contributed by atoms with Crippen LogP contribution in [0.5, 0.6) is 0 Å². The van der Waals surface area contributed by atoms with Gasteiger partial charge in [0.25, 0.3) is 5.91 Å². The number of halogens is 1. The molecular formula is C13H22ClN3OS. The molecule has 0 saturated carbocycles. The van der Waals surface area contributed by atoms with Crippen LogP contribution in [-0.4, -0.2) is 34.9 Å². The predicted molar refractivity (Wildman–Crippen MR) is 81.1 cm³/mol. The molecule has 1 aliphatic heterocycles. The molecule has 2 rings (SSSR count). The maximum absolute atomic E-state index is 12.4. The Labute approximate surface area is 124 Å². The first-order valence-corrected chi connectivity index (χ1v) is 7.59. The van der Waals surface area contributed by atoms with Crippen LogP contribution in [0.2, 0.25) is 0 Å². The molecule has 19 heavy (non-hydrogen) atoms. The maximum Gasteiger partial charge on any atom is 0.273 e. The van der Waals surface area contributed by atoms with Gasteiger partial charge in [-0.05, 0) is 32.2 Å². The van der Waals surface area contributed by atoms with E-state index in [4.69, 9.17) is 5.73 Å². The van der Waals surface area contributed by atoms with Crippen molar-refractivity contribution in [3.8, 4) is 0 Å². The molecule has 0 bridgehead atoms. The van der Waals surface area contributed by atoms with Gasteiger partial charge >= 0.3 is 0 Å². The molecule has 2 N–H and O–H groups in total. The molecule has 1 aromatic rings. The molecule has 1 atom stereocenters. The molecule has 0 radical (unpaired) electrons. The number of hydrogen-bond donors (Lipinski definition) is 1. The van der Waals surface area contributed by atoms with Crippen LogP contribution in [0.4, 0.5) is 0 Å². The highest BCUT2D eigenvalue weighted by atomic mass is 35.5. The Bertz CT molecular complexity index is 410. The lowest BCUT2D eigenvalue weighted by Crippen LogP contribution is -2.43. The molecule has 1 aromatic heterocycles. The van der Waals surface area contributed by atoms with Gasteiger partial charge in [-0.25, -0.2) is 4.98 Å². The van der Waals surface area contributed by atoms with E-state index in [1.165, 1.54) is 17.8 Å². The van der Waals surface area contributed by atoms with Gasteiger partial charge < -0.3 is 10.6 Å². The van der Waals surface area contributed by atoms with E-state index >= 15 is 0 Å². The van der Waals surface area contributed by atoms with Crippen molar-refractivity contribution < 1.29 is 4.79 Å². The SMILES string of the molecule is CCC1CCCCN1C(=O)c1csc(CCN)n1.Cl. The van der Waals surface area contributed by atoms with E-state index in [1.807, 2.05) is 10.3 Å². The lowest BCUT2D eigenvalue weighted by Gasteiger charge is -2.34. The van der Waals surface area contributed by atoms with E-state index in [2.05, 4.69) is 11.9 Å². The highest BCUT2D eigenvalue weighted by molar-refractivity contribution is 7.09. The molecular weight excluding hydrogens is 282 g/mol. The van der Waals surface area contributed by atoms with Crippen molar-refractivity contribution >= 4 is 29.7 Å². The van der Waals surface area contributed by atoms with Gasteiger partial charge in [0.2, 0.25) is 0 Å². The van der Waals surface area contributed by atoms with Gasteiger partial charge in [0.15, 0.2) is 0 Å². The number of amides is 1. The third-order valence-corrected chi connectivity index (χ3v) is 4.40. The third kappa shape index (κ3) is 3.91. The first-order valence-electron chi connectivity index (χ1n) is 6.71. The average molecular weight is 304 g/mol. The van der Waals surface area contributed by atoms with E-state index in [0.717, 1.165) is 37.2 Å². The quantitative estimate of drug-likeness (QED) is 0.929. The van der Waals surface area contributed by atoms with Crippen molar-refractivity contribution in [2.24, 2.45) is 5.73 Å². The molecule has 0 aliphatic carbocycles. The van der Waals surface area contributed by atoms with Gasteiger partial charge in [0, 0.05) is 24.4 Å². The lowest BCUT2D eigenvalue weighted by molar-refractivity contribution is 0.0602. The predicted octanol–water partition coefficient (Wildman–Crippen LogP) is 2.47. The summed E-state index contributed by atoms with van der Waals surface area (Å²) in [6.07, 6.45) is 5.27. The van der Waals surface area contributed by atoms with Gasteiger partial charge in [-0.1, -0.05) is 6.92 Å². The zero-order valence-electron chi connectivity index (χ0n) is 11.3. The smallest absolute Gasteiger partial charge is 0.273 e. The number of rotatable bonds is 4.